The third-order valence-electron chi connectivity index (χ3n) is 3.53. The van der Waals surface area contributed by atoms with Crippen LogP contribution in [0.2, 0.25) is 0 Å². The van der Waals surface area contributed by atoms with Gasteiger partial charge in [0.1, 0.15) is 6.07 Å². The molecule has 0 N–H and O–H groups in total. The molecular weight excluding hydrogens is 232 g/mol. The Hall–Kier alpha value is -1.49. The van der Waals surface area contributed by atoms with E-state index in [1.165, 1.54) is 44.9 Å². The molecule has 0 spiro atoms. The molecule has 1 rings (SSSR count). The summed E-state index contributed by atoms with van der Waals surface area (Å²) in [4.78, 5) is 2.20. The highest BCUT2D eigenvalue weighted by atomic mass is 15.1. The number of benzene rings is 1. The first-order chi connectivity index (χ1) is 9.29. The minimum Gasteiger partial charge on any atom is -0.374 e. The van der Waals surface area contributed by atoms with Gasteiger partial charge >= 0.3 is 0 Å². The van der Waals surface area contributed by atoms with Gasteiger partial charge in [0.25, 0.3) is 0 Å². The quantitative estimate of drug-likeness (QED) is 0.598. The van der Waals surface area contributed by atoms with Crippen LogP contribution >= 0.6 is 0 Å². The Morgan fingerprint density at radius 1 is 1.00 bits per heavy atom. The highest BCUT2D eigenvalue weighted by Crippen LogP contribution is 2.18. The lowest BCUT2D eigenvalue weighted by atomic mass is 10.1. The minimum atomic E-state index is 0.771. The topological polar surface area (TPSA) is 27.0 Å². The van der Waals surface area contributed by atoms with Gasteiger partial charge in [0.05, 0.1) is 11.3 Å². The van der Waals surface area contributed by atoms with Crippen LogP contribution in [-0.4, -0.2) is 13.6 Å². The number of anilines is 1. The summed E-state index contributed by atoms with van der Waals surface area (Å²) in [5.41, 5.74) is 1.82. The van der Waals surface area contributed by atoms with Gasteiger partial charge in [-0.25, -0.2) is 0 Å². The van der Waals surface area contributed by atoms with Crippen molar-refractivity contribution in [3.05, 3.63) is 29.8 Å². The molecule has 0 bridgehead atoms. The molecular formula is C17H26N2. The van der Waals surface area contributed by atoms with Crippen molar-refractivity contribution in [1.82, 2.24) is 0 Å². The van der Waals surface area contributed by atoms with Crippen LogP contribution in [0.1, 0.15) is 57.4 Å². The van der Waals surface area contributed by atoms with Gasteiger partial charge in [0, 0.05) is 13.6 Å². The van der Waals surface area contributed by atoms with Crippen LogP contribution in [0, 0.1) is 11.3 Å². The Morgan fingerprint density at radius 2 is 1.63 bits per heavy atom. The zero-order chi connectivity index (χ0) is 13.9. The zero-order valence-electron chi connectivity index (χ0n) is 12.4. The predicted octanol–water partition coefficient (Wildman–Crippen LogP) is 4.75. The maximum absolute atomic E-state index is 9.08. The SMILES string of the molecule is CCCCCCCCCN(C)c1ccccc1C#N. The normalized spacial score (nSPS) is 10.2. The highest BCUT2D eigenvalue weighted by molar-refractivity contribution is 5.58. The van der Waals surface area contributed by atoms with Crippen LogP contribution in [0.25, 0.3) is 0 Å². The second kappa shape index (κ2) is 9.44. The summed E-state index contributed by atoms with van der Waals surface area (Å²) in [7, 11) is 2.08. The number of unbranched alkanes of at least 4 members (excludes halogenated alkanes) is 6. The Labute approximate surface area is 118 Å². The molecule has 0 fully saturated rings. The molecule has 0 aromatic heterocycles. The second-order valence-corrected chi connectivity index (χ2v) is 5.17. The molecule has 0 atom stereocenters. The number of hydrogen-bond acceptors (Lipinski definition) is 2. The van der Waals surface area contributed by atoms with Gasteiger partial charge < -0.3 is 4.90 Å². The summed E-state index contributed by atoms with van der Waals surface area (Å²) in [6.45, 7) is 3.29. The van der Waals surface area contributed by atoms with Crippen molar-refractivity contribution in [2.24, 2.45) is 0 Å². The maximum Gasteiger partial charge on any atom is 0.101 e. The Balaban J connectivity index is 2.24. The largest absolute Gasteiger partial charge is 0.374 e. The minimum absolute atomic E-state index is 0.771. The summed E-state index contributed by atoms with van der Waals surface area (Å²) in [5.74, 6) is 0. The van der Waals surface area contributed by atoms with Crippen LogP contribution in [0.5, 0.6) is 0 Å². The molecule has 0 saturated carbocycles. The van der Waals surface area contributed by atoms with E-state index >= 15 is 0 Å². The van der Waals surface area contributed by atoms with Crippen LogP contribution in [0.4, 0.5) is 5.69 Å². The van der Waals surface area contributed by atoms with Gasteiger partial charge in [0.2, 0.25) is 0 Å². The fraction of sp³-hybridized carbons (Fsp3) is 0.588. The van der Waals surface area contributed by atoms with Gasteiger partial charge in [-0.15, -0.1) is 0 Å². The van der Waals surface area contributed by atoms with Crippen molar-refractivity contribution < 1.29 is 0 Å². The van der Waals surface area contributed by atoms with E-state index in [-0.39, 0.29) is 0 Å². The number of para-hydroxylation sites is 1. The van der Waals surface area contributed by atoms with E-state index in [0.29, 0.717) is 0 Å². The van der Waals surface area contributed by atoms with Crippen molar-refractivity contribution in [3.63, 3.8) is 0 Å². The van der Waals surface area contributed by atoms with E-state index in [1.54, 1.807) is 0 Å². The Kier molecular flexibility index (Phi) is 7.74. The van der Waals surface area contributed by atoms with E-state index < -0.39 is 0 Å². The Bertz CT molecular complexity index is 392. The van der Waals surface area contributed by atoms with Crippen LogP contribution in [-0.2, 0) is 0 Å². The number of nitriles is 1. The maximum atomic E-state index is 9.08. The van der Waals surface area contributed by atoms with Gasteiger partial charge in [-0.05, 0) is 18.6 Å². The third kappa shape index (κ3) is 5.79. The average Bonchev–Trinajstić information content (AvgIpc) is 2.46. The van der Waals surface area contributed by atoms with Crippen molar-refractivity contribution >= 4 is 5.69 Å². The van der Waals surface area contributed by atoms with Crippen molar-refractivity contribution in [1.29, 1.82) is 5.26 Å². The fourth-order valence-corrected chi connectivity index (χ4v) is 2.33. The van der Waals surface area contributed by atoms with E-state index in [9.17, 15) is 0 Å². The highest BCUT2D eigenvalue weighted by Gasteiger charge is 2.05. The summed E-state index contributed by atoms with van der Waals surface area (Å²) < 4.78 is 0. The lowest BCUT2D eigenvalue weighted by Gasteiger charge is -2.20. The second-order valence-electron chi connectivity index (χ2n) is 5.17. The monoisotopic (exact) mass is 258 g/mol. The zero-order valence-corrected chi connectivity index (χ0v) is 12.4. The van der Waals surface area contributed by atoms with Gasteiger partial charge in [-0.1, -0.05) is 57.6 Å². The molecule has 2 heteroatoms. The van der Waals surface area contributed by atoms with E-state index in [2.05, 4.69) is 24.9 Å². The van der Waals surface area contributed by atoms with Crippen molar-refractivity contribution in [2.75, 3.05) is 18.5 Å². The first kappa shape index (κ1) is 15.6. The van der Waals surface area contributed by atoms with E-state index in [1.807, 2.05) is 24.3 Å². The molecule has 0 saturated heterocycles. The molecule has 0 aliphatic rings. The van der Waals surface area contributed by atoms with Crippen LogP contribution in [0.3, 0.4) is 0 Å². The molecule has 1 aromatic rings. The average molecular weight is 258 g/mol. The molecule has 0 radical (unpaired) electrons. The fourth-order valence-electron chi connectivity index (χ4n) is 2.33. The third-order valence-corrected chi connectivity index (χ3v) is 3.53. The molecule has 0 aliphatic carbocycles. The number of nitrogens with zero attached hydrogens (tertiary/aromatic N) is 2. The smallest absolute Gasteiger partial charge is 0.101 e. The van der Waals surface area contributed by atoms with Crippen LogP contribution in [0.15, 0.2) is 24.3 Å². The summed E-state index contributed by atoms with van der Waals surface area (Å²) in [5, 5.41) is 9.08. The molecule has 0 heterocycles. The van der Waals surface area contributed by atoms with E-state index in [0.717, 1.165) is 17.8 Å². The van der Waals surface area contributed by atoms with Crippen molar-refractivity contribution in [3.8, 4) is 6.07 Å². The molecule has 2 nitrogen and oxygen atoms in total. The Morgan fingerprint density at radius 3 is 2.32 bits per heavy atom. The molecule has 104 valence electrons. The predicted molar refractivity (Wildman–Crippen MR) is 82.4 cm³/mol. The summed E-state index contributed by atoms with van der Waals surface area (Å²) >= 11 is 0. The lowest BCUT2D eigenvalue weighted by molar-refractivity contribution is 0.588. The van der Waals surface area contributed by atoms with E-state index in [4.69, 9.17) is 5.26 Å². The molecule has 19 heavy (non-hydrogen) atoms. The first-order valence-corrected chi connectivity index (χ1v) is 7.50. The standard InChI is InChI=1S/C17H26N2/c1-3-4-5-6-7-8-11-14-19(2)17-13-10-9-12-16(17)15-18/h9-10,12-13H,3-8,11,14H2,1-2H3. The number of hydrogen-bond donors (Lipinski definition) is 0. The van der Waals surface area contributed by atoms with Gasteiger partial charge in [-0.2, -0.15) is 5.26 Å². The number of rotatable bonds is 9. The van der Waals surface area contributed by atoms with Crippen molar-refractivity contribution in [2.45, 2.75) is 51.9 Å². The summed E-state index contributed by atoms with van der Waals surface area (Å²) in [6, 6.07) is 10.1. The lowest BCUT2D eigenvalue weighted by Crippen LogP contribution is -2.19. The van der Waals surface area contributed by atoms with Gasteiger partial charge in [0.15, 0.2) is 0 Å². The summed E-state index contributed by atoms with van der Waals surface area (Å²) in [6.07, 6.45) is 9.28. The van der Waals surface area contributed by atoms with Gasteiger partial charge in [-0.3, -0.25) is 0 Å². The molecule has 0 unspecified atom stereocenters. The molecule has 0 amide bonds. The molecule has 1 aromatic carbocycles. The molecule has 0 aliphatic heterocycles. The van der Waals surface area contributed by atoms with Crippen LogP contribution < -0.4 is 4.90 Å². The first-order valence-electron chi connectivity index (χ1n) is 7.50.